The first kappa shape index (κ1) is 15.2. The number of halogens is 2. The lowest BCUT2D eigenvalue weighted by Gasteiger charge is -2.03. The van der Waals surface area contributed by atoms with Crippen LogP contribution in [0.15, 0.2) is 43.7 Å². The van der Waals surface area contributed by atoms with Crippen molar-refractivity contribution in [2.45, 2.75) is 6.42 Å². The summed E-state index contributed by atoms with van der Waals surface area (Å²) in [6, 6.07) is 7.22. The number of phenolic OH excluding ortho intramolecular Hbond substituents is 1. The van der Waals surface area contributed by atoms with Gasteiger partial charge in [-0.2, -0.15) is 5.10 Å². The number of aromatic hydroxyl groups is 1. The van der Waals surface area contributed by atoms with Crippen molar-refractivity contribution in [2.75, 3.05) is 0 Å². The highest BCUT2D eigenvalue weighted by Crippen LogP contribution is 2.30. The number of thiophene rings is 1. The molecular weight excluding hydrogens is 408 g/mol. The Morgan fingerprint density at radius 1 is 1.45 bits per heavy atom. The summed E-state index contributed by atoms with van der Waals surface area (Å²) < 4.78 is 1.35. The van der Waals surface area contributed by atoms with Crippen LogP contribution in [0.25, 0.3) is 0 Å². The molecule has 20 heavy (non-hydrogen) atoms. The molecule has 1 amide bonds. The summed E-state index contributed by atoms with van der Waals surface area (Å²) in [4.78, 5) is 12.6. The fraction of sp³-hybridized carbons (Fsp3) is 0.0769. The molecular formula is C13H10Br2N2O2S. The average Bonchev–Trinajstić information content (AvgIpc) is 2.87. The number of phenols is 1. The van der Waals surface area contributed by atoms with Crippen LogP contribution in [0.2, 0.25) is 0 Å². The normalized spacial score (nSPS) is 10.9. The van der Waals surface area contributed by atoms with Gasteiger partial charge in [0.05, 0.1) is 17.1 Å². The molecule has 0 spiro atoms. The zero-order chi connectivity index (χ0) is 14.5. The lowest BCUT2D eigenvalue weighted by atomic mass is 10.2. The number of amides is 1. The number of hydrogen-bond acceptors (Lipinski definition) is 4. The van der Waals surface area contributed by atoms with E-state index in [1.54, 1.807) is 12.1 Å². The Kier molecular flexibility index (Phi) is 5.33. The summed E-state index contributed by atoms with van der Waals surface area (Å²) >= 11 is 8.07. The van der Waals surface area contributed by atoms with Crippen LogP contribution < -0.4 is 5.43 Å². The molecule has 0 unspecified atom stereocenters. The quantitative estimate of drug-likeness (QED) is 0.588. The Hall–Kier alpha value is -1.18. The van der Waals surface area contributed by atoms with Crippen molar-refractivity contribution < 1.29 is 9.90 Å². The maximum absolute atomic E-state index is 11.6. The summed E-state index contributed by atoms with van der Waals surface area (Å²) in [7, 11) is 0. The summed E-state index contributed by atoms with van der Waals surface area (Å²) in [5.74, 6) is -0.123. The topological polar surface area (TPSA) is 61.7 Å². The minimum Gasteiger partial charge on any atom is -0.506 e. The summed E-state index contributed by atoms with van der Waals surface area (Å²) in [6.07, 6.45) is 1.69. The van der Waals surface area contributed by atoms with Crippen LogP contribution in [-0.2, 0) is 11.2 Å². The standard InChI is InChI=1S/C13H10Br2N2O2S/c14-9-4-8(13(19)11(15)5-9)7-16-17-12(18)6-10-2-1-3-20-10/h1-5,7,19H,6H2,(H,17,18). The zero-order valence-corrected chi connectivity index (χ0v) is 14.1. The van der Waals surface area contributed by atoms with Crippen molar-refractivity contribution in [2.24, 2.45) is 5.10 Å². The van der Waals surface area contributed by atoms with E-state index < -0.39 is 0 Å². The zero-order valence-electron chi connectivity index (χ0n) is 10.1. The van der Waals surface area contributed by atoms with E-state index in [9.17, 15) is 9.90 Å². The molecule has 4 nitrogen and oxygen atoms in total. The van der Waals surface area contributed by atoms with Crippen LogP contribution >= 0.6 is 43.2 Å². The molecule has 0 atom stereocenters. The van der Waals surface area contributed by atoms with Gasteiger partial charge in [-0.25, -0.2) is 5.43 Å². The Morgan fingerprint density at radius 3 is 2.95 bits per heavy atom. The molecule has 0 bridgehead atoms. The van der Waals surface area contributed by atoms with Crippen LogP contribution in [0, 0.1) is 0 Å². The number of carbonyl (C=O) groups excluding carboxylic acids is 1. The number of hydrogen-bond donors (Lipinski definition) is 2. The molecule has 2 N–H and O–H groups in total. The molecule has 0 saturated heterocycles. The van der Waals surface area contributed by atoms with E-state index in [4.69, 9.17) is 0 Å². The predicted molar refractivity (Wildman–Crippen MR) is 87.3 cm³/mol. The number of hydrazone groups is 1. The second kappa shape index (κ2) is 7.01. The Balaban J connectivity index is 1.98. The van der Waals surface area contributed by atoms with Crippen LogP contribution in [0.3, 0.4) is 0 Å². The van der Waals surface area contributed by atoms with E-state index in [1.807, 2.05) is 17.5 Å². The van der Waals surface area contributed by atoms with Crippen LogP contribution in [0.1, 0.15) is 10.4 Å². The molecule has 0 aliphatic rings. The van der Waals surface area contributed by atoms with Gasteiger partial charge in [0.15, 0.2) is 0 Å². The molecule has 2 aromatic rings. The van der Waals surface area contributed by atoms with Crippen molar-refractivity contribution in [3.05, 3.63) is 49.0 Å². The summed E-state index contributed by atoms with van der Waals surface area (Å²) in [5, 5.41) is 15.6. The Bertz CT molecular complexity index is 642. The minimum absolute atomic E-state index is 0.0736. The molecule has 0 aliphatic heterocycles. The Morgan fingerprint density at radius 2 is 2.25 bits per heavy atom. The predicted octanol–water partition coefficient (Wildman–Crippen LogP) is 3.67. The summed E-state index contributed by atoms with van der Waals surface area (Å²) in [6.45, 7) is 0. The van der Waals surface area contributed by atoms with E-state index in [1.165, 1.54) is 17.6 Å². The number of rotatable bonds is 4. The SMILES string of the molecule is O=C(Cc1cccs1)NN=Cc1cc(Br)cc(Br)c1O. The van der Waals surface area contributed by atoms with Crippen molar-refractivity contribution in [3.63, 3.8) is 0 Å². The molecule has 1 aromatic heterocycles. The van der Waals surface area contributed by atoms with Crippen molar-refractivity contribution >= 4 is 55.3 Å². The molecule has 2 rings (SSSR count). The summed E-state index contributed by atoms with van der Waals surface area (Å²) in [5.41, 5.74) is 2.93. The first-order chi connectivity index (χ1) is 9.56. The maximum atomic E-state index is 11.6. The van der Waals surface area contributed by atoms with Crippen molar-refractivity contribution in [3.8, 4) is 5.75 Å². The van der Waals surface area contributed by atoms with Gasteiger partial charge in [0.1, 0.15) is 5.75 Å². The van der Waals surface area contributed by atoms with Gasteiger partial charge in [-0.05, 0) is 39.5 Å². The third-order valence-corrected chi connectivity index (χ3v) is 4.30. The molecule has 1 heterocycles. The number of nitrogens with one attached hydrogen (secondary N) is 1. The van der Waals surface area contributed by atoms with Gasteiger partial charge in [0.2, 0.25) is 5.91 Å². The highest BCUT2D eigenvalue weighted by molar-refractivity contribution is 9.11. The minimum atomic E-state index is -0.197. The van der Waals surface area contributed by atoms with Gasteiger partial charge in [0.25, 0.3) is 0 Å². The van der Waals surface area contributed by atoms with E-state index in [0.717, 1.165) is 9.35 Å². The van der Waals surface area contributed by atoms with E-state index in [0.29, 0.717) is 16.5 Å². The van der Waals surface area contributed by atoms with Crippen LogP contribution in [-0.4, -0.2) is 17.2 Å². The van der Waals surface area contributed by atoms with E-state index in [-0.39, 0.29) is 11.7 Å². The lowest BCUT2D eigenvalue weighted by Crippen LogP contribution is -2.19. The van der Waals surface area contributed by atoms with Gasteiger partial charge in [0, 0.05) is 14.9 Å². The highest BCUT2D eigenvalue weighted by atomic mass is 79.9. The van der Waals surface area contributed by atoms with Crippen LogP contribution in [0.4, 0.5) is 0 Å². The second-order valence-corrected chi connectivity index (χ2v) is 6.68. The number of nitrogens with zero attached hydrogens (tertiary/aromatic N) is 1. The first-order valence-corrected chi connectivity index (χ1v) is 8.05. The van der Waals surface area contributed by atoms with Crippen molar-refractivity contribution in [1.29, 1.82) is 0 Å². The van der Waals surface area contributed by atoms with Gasteiger partial charge in [-0.1, -0.05) is 22.0 Å². The molecule has 7 heteroatoms. The molecule has 104 valence electrons. The molecule has 0 radical (unpaired) electrons. The van der Waals surface area contributed by atoms with Gasteiger partial charge >= 0.3 is 0 Å². The Labute approximate surface area is 136 Å². The number of benzene rings is 1. The van der Waals surface area contributed by atoms with Crippen molar-refractivity contribution in [1.82, 2.24) is 5.43 Å². The smallest absolute Gasteiger partial charge is 0.245 e. The second-order valence-electron chi connectivity index (χ2n) is 3.87. The fourth-order valence-electron chi connectivity index (χ4n) is 1.47. The molecule has 1 aromatic carbocycles. The van der Waals surface area contributed by atoms with Gasteiger partial charge < -0.3 is 5.11 Å². The molecule has 0 fully saturated rings. The van der Waals surface area contributed by atoms with E-state index in [2.05, 4.69) is 42.4 Å². The third kappa shape index (κ3) is 4.16. The average molecular weight is 418 g/mol. The highest BCUT2D eigenvalue weighted by Gasteiger charge is 2.06. The van der Waals surface area contributed by atoms with E-state index >= 15 is 0 Å². The number of carbonyl (C=O) groups is 1. The third-order valence-electron chi connectivity index (χ3n) is 2.37. The van der Waals surface area contributed by atoms with Crippen LogP contribution in [0.5, 0.6) is 5.75 Å². The maximum Gasteiger partial charge on any atom is 0.245 e. The van der Waals surface area contributed by atoms with Gasteiger partial charge in [-0.15, -0.1) is 11.3 Å². The molecule has 0 aliphatic carbocycles. The molecule has 0 saturated carbocycles. The van der Waals surface area contributed by atoms with Gasteiger partial charge in [-0.3, -0.25) is 4.79 Å². The monoisotopic (exact) mass is 416 g/mol. The fourth-order valence-corrected chi connectivity index (χ4v) is 3.43. The first-order valence-electron chi connectivity index (χ1n) is 5.58. The largest absolute Gasteiger partial charge is 0.506 e. The lowest BCUT2D eigenvalue weighted by molar-refractivity contribution is -0.120.